The number of alkyl halides is 1. The number of hydrogen-bond acceptors (Lipinski definition) is 1. The number of halogens is 1. The Balaban J connectivity index is 3.92. The van der Waals surface area contributed by atoms with Crippen molar-refractivity contribution in [2.24, 2.45) is 5.11 Å². The SMILES string of the molecule is CCC(Br)(CC)CN=[N+]=[N-]. The van der Waals surface area contributed by atoms with Crippen molar-refractivity contribution in [2.45, 2.75) is 31.0 Å². The molecule has 0 unspecified atom stereocenters. The second-order valence-electron chi connectivity index (χ2n) is 2.25. The van der Waals surface area contributed by atoms with Crippen LogP contribution in [0.5, 0.6) is 0 Å². The summed E-state index contributed by atoms with van der Waals surface area (Å²) in [5, 5.41) is 3.52. The zero-order valence-corrected chi connectivity index (χ0v) is 7.93. The molecule has 0 amide bonds. The second kappa shape index (κ2) is 4.58. The van der Waals surface area contributed by atoms with Gasteiger partial charge in [-0.1, -0.05) is 34.9 Å². The van der Waals surface area contributed by atoms with Crippen LogP contribution in [0.2, 0.25) is 0 Å². The van der Waals surface area contributed by atoms with Gasteiger partial charge < -0.3 is 0 Å². The van der Waals surface area contributed by atoms with Gasteiger partial charge in [-0.15, -0.1) is 0 Å². The highest BCUT2D eigenvalue weighted by Crippen LogP contribution is 2.26. The summed E-state index contributed by atoms with van der Waals surface area (Å²) in [5.74, 6) is 0. The van der Waals surface area contributed by atoms with Gasteiger partial charge in [0.1, 0.15) is 0 Å². The summed E-state index contributed by atoms with van der Waals surface area (Å²) < 4.78 is 0.0270. The van der Waals surface area contributed by atoms with Crippen LogP contribution in [-0.4, -0.2) is 10.9 Å². The number of rotatable bonds is 4. The van der Waals surface area contributed by atoms with Crippen molar-refractivity contribution in [1.82, 2.24) is 0 Å². The fourth-order valence-corrected chi connectivity index (χ4v) is 0.744. The monoisotopic (exact) mass is 205 g/mol. The molecule has 0 atom stereocenters. The molecule has 0 aromatic carbocycles. The molecular weight excluding hydrogens is 194 g/mol. The Labute approximate surface area is 69.6 Å². The van der Waals surface area contributed by atoms with Gasteiger partial charge in [-0.2, -0.15) is 0 Å². The van der Waals surface area contributed by atoms with E-state index in [4.69, 9.17) is 5.53 Å². The number of nitrogens with zero attached hydrogens (tertiary/aromatic N) is 3. The highest BCUT2D eigenvalue weighted by molar-refractivity contribution is 9.10. The molecule has 0 aromatic heterocycles. The van der Waals surface area contributed by atoms with E-state index in [1.54, 1.807) is 0 Å². The Kier molecular flexibility index (Phi) is 4.49. The van der Waals surface area contributed by atoms with Crippen LogP contribution >= 0.6 is 15.9 Å². The highest BCUT2D eigenvalue weighted by Gasteiger charge is 2.20. The third-order valence-electron chi connectivity index (χ3n) is 1.68. The van der Waals surface area contributed by atoms with Gasteiger partial charge in [0.05, 0.1) is 0 Å². The van der Waals surface area contributed by atoms with Gasteiger partial charge in [-0.25, -0.2) is 0 Å². The third-order valence-corrected chi connectivity index (χ3v) is 3.06. The summed E-state index contributed by atoms with van der Waals surface area (Å²) in [7, 11) is 0. The van der Waals surface area contributed by atoms with E-state index in [-0.39, 0.29) is 4.32 Å². The summed E-state index contributed by atoms with van der Waals surface area (Å²) >= 11 is 3.52. The van der Waals surface area contributed by atoms with Crippen molar-refractivity contribution in [3.05, 3.63) is 10.4 Å². The van der Waals surface area contributed by atoms with Gasteiger partial charge in [0.25, 0.3) is 0 Å². The average molecular weight is 206 g/mol. The average Bonchev–Trinajstić information content (AvgIpc) is 2.00. The second-order valence-corrected chi connectivity index (χ2v) is 3.93. The number of hydrogen-bond donors (Lipinski definition) is 0. The fraction of sp³-hybridized carbons (Fsp3) is 1.00. The maximum Gasteiger partial charge on any atom is 0.0411 e. The van der Waals surface area contributed by atoms with Gasteiger partial charge in [0, 0.05) is 15.8 Å². The Morgan fingerprint density at radius 2 is 2.00 bits per heavy atom. The highest BCUT2D eigenvalue weighted by atomic mass is 79.9. The molecule has 10 heavy (non-hydrogen) atoms. The molecule has 0 rings (SSSR count). The molecule has 0 radical (unpaired) electrons. The van der Waals surface area contributed by atoms with E-state index in [0.717, 1.165) is 12.8 Å². The van der Waals surface area contributed by atoms with Crippen LogP contribution in [0, 0.1) is 0 Å². The zero-order valence-electron chi connectivity index (χ0n) is 6.34. The van der Waals surface area contributed by atoms with E-state index in [1.807, 2.05) is 0 Å². The summed E-state index contributed by atoms with van der Waals surface area (Å²) in [4.78, 5) is 2.71. The van der Waals surface area contributed by atoms with Crippen molar-refractivity contribution in [2.75, 3.05) is 6.54 Å². The first-order chi connectivity index (χ1) is 4.68. The minimum atomic E-state index is 0.0270. The molecule has 4 heteroatoms. The number of azide groups is 1. The molecule has 3 nitrogen and oxygen atoms in total. The molecule has 0 saturated carbocycles. The normalized spacial score (nSPS) is 10.7. The van der Waals surface area contributed by atoms with Crippen LogP contribution in [-0.2, 0) is 0 Å². The predicted molar refractivity (Wildman–Crippen MR) is 46.3 cm³/mol. The lowest BCUT2D eigenvalue weighted by Gasteiger charge is -2.20. The van der Waals surface area contributed by atoms with Crippen molar-refractivity contribution >= 4 is 15.9 Å². The first-order valence-corrected chi connectivity index (χ1v) is 4.17. The molecule has 0 heterocycles. The van der Waals surface area contributed by atoms with E-state index >= 15 is 0 Å². The first kappa shape index (κ1) is 9.79. The van der Waals surface area contributed by atoms with Gasteiger partial charge in [-0.05, 0) is 18.4 Å². The molecule has 0 saturated heterocycles. The molecule has 0 aliphatic carbocycles. The summed E-state index contributed by atoms with van der Waals surface area (Å²) in [6, 6.07) is 0. The van der Waals surface area contributed by atoms with E-state index in [2.05, 4.69) is 39.8 Å². The van der Waals surface area contributed by atoms with Gasteiger partial charge in [0.15, 0.2) is 0 Å². The van der Waals surface area contributed by atoms with Crippen molar-refractivity contribution in [1.29, 1.82) is 0 Å². The fourth-order valence-electron chi connectivity index (χ4n) is 0.632. The third kappa shape index (κ3) is 3.08. The van der Waals surface area contributed by atoms with E-state index in [1.165, 1.54) is 0 Å². The summed E-state index contributed by atoms with van der Waals surface area (Å²) in [5.41, 5.74) is 8.06. The van der Waals surface area contributed by atoms with E-state index in [0.29, 0.717) is 6.54 Å². The van der Waals surface area contributed by atoms with E-state index in [9.17, 15) is 0 Å². The summed E-state index contributed by atoms with van der Waals surface area (Å²) in [6.45, 7) is 4.69. The lowest BCUT2D eigenvalue weighted by Crippen LogP contribution is -2.21. The minimum Gasteiger partial charge on any atom is -0.0925 e. The maximum absolute atomic E-state index is 8.06. The molecule has 0 aliphatic heterocycles. The van der Waals surface area contributed by atoms with Gasteiger partial charge >= 0.3 is 0 Å². The molecule has 0 aromatic rings. The van der Waals surface area contributed by atoms with Gasteiger partial charge in [0.2, 0.25) is 0 Å². The van der Waals surface area contributed by atoms with Crippen LogP contribution in [0.3, 0.4) is 0 Å². The Bertz CT molecular complexity index is 136. The quantitative estimate of drug-likeness (QED) is 0.293. The van der Waals surface area contributed by atoms with Crippen LogP contribution < -0.4 is 0 Å². The molecular formula is C6H12BrN3. The zero-order chi connectivity index (χ0) is 8.04. The Hall–Kier alpha value is -0.210. The van der Waals surface area contributed by atoms with Crippen molar-refractivity contribution in [3.63, 3.8) is 0 Å². The largest absolute Gasteiger partial charge is 0.0925 e. The van der Waals surface area contributed by atoms with E-state index < -0.39 is 0 Å². The molecule has 0 bridgehead atoms. The predicted octanol–water partition coefficient (Wildman–Crippen LogP) is 3.25. The standard InChI is InChI=1S/C6H12BrN3/c1-3-6(7,4-2)5-9-10-8/h3-5H2,1-2H3. The van der Waals surface area contributed by atoms with Crippen LogP contribution in [0.1, 0.15) is 26.7 Å². The smallest absolute Gasteiger partial charge is 0.0411 e. The van der Waals surface area contributed by atoms with Crippen LogP contribution in [0.25, 0.3) is 10.4 Å². The van der Waals surface area contributed by atoms with Gasteiger partial charge in [-0.3, -0.25) is 0 Å². The van der Waals surface area contributed by atoms with Crippen molar-refractivity contribution in [3.8, 4) is 0 Å². The Morgan fingerprint density at radius 1 is 1.50 bits per heavy atom. The topological polar surface area (TPSA) is 48.8 Å². The lowest BCUT2D eigenvalue weighted by atomic mass is 10.0. The van der Waals surface area contributed by atoms with Crippen LogP contribution in [0.15, 0.2) is 5.11 Å². The lowest BCUT2D eigenvalue weighted by molar-refractivity contribution is 0.570. The van der Waals surface area contributed by atoms with Crippen LogP contribution in [0.4, 0.5) is 0 Å². The Morgan fingerprint density at radius 3 is 2.30 bits per heavy atom. The molecule has 0 fully saturated rings. The van der Waals surface area contributed by atoms with Crippen molar-refractivity contribution < 1.29 is 0 Å². The molecule has 0 N–H and O–H groups in total. The molecule has 58 valence electrons. The minimum absolute atomic E-state index is 0.0270. The molecule has 0 spiro atoms. The maximum atomic E-state index is 8.06. The summed E-state index contributed by atoms with van der Waals surface area (Å²) in [6.07, 6.45) is 1.98. The molecule has 0 aliphatic rings. The first-order valence-electron chi connectivity index (χ1n) is 3.38.